The first-order valence-electron chi connectivity index (χ1n) is 7.09. The number of alkyl halides is 3. The Kier molecular flexibility index (Phi) is 5.10. The first kappa shape index (κ1) is 16.9. The SMILES string of the molecule is C[Si](C)(C)C[S+]1CCOC[C@@H]1c1ccccc1C(F)(F)F. The number of halogens is 3. The lowest BCUT2D eigenvalue weighted by Crippen LogP contribution is -2.41. The quantitative estimate of drug-likeness (QED) is 0.592. The fourth-order valence-electron chi connectivity index (χ4n) is 2.63. The second-order valence-corrected chi connectivity index (χ2v) is 14.9. The molecule has 118 valence electrons. The van der Waals surface area contributed by atoms with E-state index in [0.29, 0.717) is 18.8 Å². The Morgan fingerprint density at radius 2 is 1.90 bits per heavy atom. The topological polar surface area (TPSA) is 9.23 Å². The molecule has 21 heavy (non-hydrogen) atoms. The van der Waals surface area contributed by atoms with E-state index in [2.05, 4.69) is 19.6 Å². The van der Waals surface area contributed by atoms with Crippen LogP contribution < -0.4 is 0 Å². The van der Waals surface area contributed by atoms with E-state index in [1.165, 1.54) is 12.1 Å². The van der Waals surface area contributed by atoms with Crippen LogP contribution in [0.3, 0.4) is 0 Å². The summed E-state index contributed by atoms with van der Waals surface area (Å²) in [6.45, 7) is 7.94. The first-order chi connectivity index (χ1) is 9.68. The van der Waals surface area contributed by atoms with Crippen molar-refractivity contribution in [3.8, 4) is 0 Å². The van der Waals surface area contributed by atoms with Crippen LogP contribution in [0.5, 0.6) is 0 Å². The first-order valence-corrected chi connectivity index (χ1v) is 12.4. The molecule has 1 heterocycles. The van der Waals surface area contributed by atoms with Gasteiger partial charge in [0, 0.05) is 5.56 Å². The molecule has 1 unspecified atom stereocenters. The molecule has 0 aliphatic carbocycles. The molecule has 6 heteroatoms. The Labute approximate surface area is 128 Å². The summed E-state index contributed by atoms with van der Waals surface area (Å²) in [6, 6.07) is 5.99. The average molecular weight is 335 g/mol. The molecule has 2 atom stereocenters. The van der Waals surface area contributed by atoms with Gasteiger partial charge in [0.1, 0.15) is 13.8 Å². The average Bonchev–Trinajstić information content (AvgIpc) is 2.36. The maximum absolute atomic E-state index is 13.2. The summed E-state index contributed by atoms with van der Waals surface area (Å²) in [7, 11) is -1.32. The van der Waals surface area contributed by atoms with Crippen LogP contribution in [-0.4, -0.2) is 32.4 Å². The molecule has 0 radical (unpaired) electrons. The molecule has 2 rings (SSSR count). The highest BCUT2D eigenvalue weighted by molar-refractivity contribution is 7.98. The van der Waals surface area contributed by atoms with Gasteiger partial charge in [-0.1, -0.05) is 37.8 Å². The van der Waals surface area contributed by atoms with Crippen molar-refractivity contribution in [1.29, 1.82) is 0 Å². The Bertz CT molecular complexity index is 485. The molecular formula is C15H22F3OSSi+. The van der Waals surface area contributed by atoms with E-state index in [0.717, 1.165) is 11.1 Å². The minimum Gasteiger partial charge on any atom is -0.371 e. The van der Waals surface area contributed by atoms with E-state index in [1.807, 2.05) is 0 Å². The highest BCUT2D eigenvalue weighted by atomic mass is 32.2. The molecule has 0 amide bonds. The third-order valence-electron chi connectivity index (χ3n) is 3.39. The van der Waals surface area contributed by atoms with Crippen molar-refractivity contribution in [1.82, 2.24) is 0 Å². The van der Waals surface area contributed by atoms with Gasteiger partial charge in [-0.05, 0) is 17.0 Å². The van der Waals surface area contributed by atoms with Gasteiger partial charge in [-0.3, -0.25) is 0 Å². The number of rotatable bonds is 3. The van der Waals surface area contributed by atoms with Gasteiger partial charge < -0.3 is 4.74 Å². The van der Waals surface area contributed by atoms with Gasteiger partial charge in [0.15, 0.2) is 5.25 Å². The molecule has 1 aliphatic heterocycles. The Balaban J connectivity index is 2.34. The number of benzene rings is 1. The van der Waals surface area contributed by atoms with E-state index in [9.17, 15) is 13.2 Å². The van der Waals surface area contributed by atoms with Gasteiger partial charge in [-0.15, -0.1) is 0 Å². The van der Waals surface area contributed by atoms with Crippen molar-refractivity contribution in [3.05, 3.63) is 35.4 Å². The second-order valence-electron chi connectivity index (χ2n) is 6.60. The highest BCUT2D eigenvalue weighted by Gasteiger charge is 2.44. The largest absolute Gasteiger partial charge is 0.416 e. The van der Waals surface area contributed by atoms with Crippen LogP contribution in [0.4, 0.5) is 13.2 Å². The van der Waals surface area contributed by atoms with Crippen molar-refractivity contribution in [2.24, 2.45) is 0 Å². The van der Waals surface area contributed by atoms with E-state index < -0.39 is 19.8 Å². The standard InChI is InChI=1S/C15H22F3OSSi/c1-21(2,3)11-20-9-8-19-10-14(20)12-6-4-5-7-13(12)15(16,17)18/h4-7,14H,8-11H2,1-3H3/q+1/t14-,20?/m1/s1. The van der Waals surface area contributed by atoms with Crippen molar-refractivity contribution in [3.63, 3.8) is 0 Å². The van der Waals surface area contributed by atoms with Gasteiger partial charge in [0.25, 0.3) is 0 Å². The Hall–Kier alpha value is -0.463. The van der Waals surface area contributed by atoms with Crippen molar-refractivity contribution in [2.75, 3.05) is 24.3 Å². The van der Waals surface area contributed by atoms with Crippen LogP contribution >= 0.6 is 0 Å². The van der Waals surface area contributed by atoms with E-state index >= 15 is 0 Å². The normalized spacial score (nSPS) is 24.1. The summed E-state index contributed by atoms with van der Waals surface area (Å²) in [4.78, 5) is 0. The molecule has 1 nitrogen and oxygen atoms in total. The van der Waals surface area contributed by atoms with Gasteiger partial charge in [0.2, 0.25) is 0 Å². The zero-order chi connectivity index (χ0) is 15.7. The molecule has 1 fully saturated rings. The summed E-state index contributed by atoms with van der Waals surface area (Å²) >= 11 is 0. The van der Waals surface area contributed by atoms with Gasteiger partial charge in [-0.25, -0.2) is 0 Å². The third kappa shape index (κ3) is 4.50. The van der Waals surface area contributed by atoms with Crippen molar-refractivity contribution < 1.29 is 17.9 Å². The molecule has 1 aliphatic rings. The lowest BCUT2D eigenvalue weighted by atomic mass is 10.0. The second kappa shape index (κ2) is 6.34. The van der Waals surface area contributed by atoms with Crippen LogP contribution in [0.1, 0.15) is 16.4 Å². The number of hydrogen-bond donors (Lipinski definition) is 0. The summed E-state index contributed by atoms with van der Waals surface area (Å²) in [6.07, 6.45) is -4.29. The van der Waals surface area contributed by atoms with Crippen LogP contribution in [-0.2, 0) is 21.8 Å². The summed E-state index contributed by atoms with van der Waals surface area (Å²) in [5.41, 5.74) is -0.0696. The molecule has 0 N–H and O–H groups in total. The van der Waals surface area contributed by atoms with E-state index in [-0.39, 0.29) is 16.1 Å². The van der Waals surface area contributed by atoms with Gasteiger partial charge >= 0.3 is 6.18 Å². The molecule has 1 aromatic rings. The van der Waals surface area contributed by atoms with Crippen LogP contribution in [0, 0.1) is 0 Å². The molecular weight excluding hydrogens is 313 g/mol. The smallest absolute Gasteiger partial charge is 0.371 e. The lowest BCUT2D eigenvalue weighted by molar-refractivity contribution is -0.138. The zero-order valence-electron chi connectivity index (χ0n) is 12.7. The lowest BCUT2D eigenvalue weighted by Gasteiger charge is -2.29. The zero-order valence-corrected chi connectivity index (χ0v) is 14.5. The van der Waals surface area contributed by atoms with Gasteiger partial charge in [0.05, 0.1) is 24.2 Å². The van der Waals surface area contributed by atoms with E-state index in [4.69, 9.17) is 4.74 Å². The maximum atomic E-state index is 13.2. The van der Waals surface area contributed by atoms with Crippen LogP contribution in [0.15, 0.2) is 24.3 Å². The molecule has 0 saturated carbocycles. The highest BCUT2D eigenvalue weighted by Crippen LogP contribution is 2.39. The predicted molar refractivity (Wildman–Crippen MR) is 85.4 cm³/mol. The maximum Gasteiger partial charge on any atom is 0.416 e. The molecule has 1 saturated heterocycles. The van der Waals surface area contributed by atoms with Crippen LogP contribution in [0.25, 0.3) is 0 Å². The molecule has 0 aromatic heterocycles. The fourth-order valence-corrected chi connectivity index (χ4v) is 9.93. The summed E-state index contributed by atoms with van der Waals surface area (Å²) < 4.78 is 45.2. The van der Waals surface area contributed by atoms with Crippen LogP contribution in [0.2, 0.25) is 19.6 Å². The molecule has 0 bridgehead atoms. The fraction of sp³-hybridized carbons (Fsp3) is 0.600. The molecule has 0 spiro atoms. The van der Waals surface area contributed by atoms with Gasteiger partial charge in [-0.2, -0.15) is 13.2 Å². The minimum atomic E-state index is -4.29. The summed E-state index contributed by atoms with van der Waals surface area (Å²) in [5.74, 6) is 0.890. The summed E-state index contributed by atoms with van der Waals surface area (Å²) in [5, 5.41) is 0.969. The van der Waals surface area contributed by atoms with Crippen molar-refractivity contribution in [2.45, 2.75) is 31.1 Å². The Morgan fingerprint density at radius 1 is 1.24 bits per heavy atom. The molecule has 1 aromatic carbocycles. The monoisotopic (exact) mass is 335 g/mol. The van der Waals surface area contributed by atoms with E-state index in [1.54, 1.807) is 12.1 Å². The Morgan fingerprint density at radius 3 is 2.52 bits per heavy atom. The number of ether oxygens (including phenoxy) is 1. The minimum absolute atomic E-state index is 0.0113. The number of hydrogen-bond acceptors (Lipinski definition) is 1. The van der Waals surface area contributed by atoms with Crippen molar-refractivity contribution >= 4 is 19.0 Å². The third-order valence-corrected chi connectivity index (χ3v) is 10.2. The predicted octanol–water partition coefficient (Wildman–Crippen LogP) is 4.27.